The lowest BCUT2D eigenvalue weighted by Crippen LogP contribution is -2.49. The third-order valence-corrected chi connectivity index (χ3v) is 2.32. The van der Waals surface area contributed by atoms with Crippen LogP contribution in [0.5, 0.6) is 5.75 Å². The van der Waals surface area contributed by atoms with E-state index in [0.717, 1.165) is 0 Å². The van der Waals surface area contributed by atoms with Crippen LogP contribution in [0, 0.1) is 0 Å². The lowest BCUT2D eigenvalue weighted by Gasteiger charge is -2.28. The van der Waals surface area contributed by atoms with E-state index >= 15 is 0 Å². The van der Waals surface area contributed by atoms with E-state index in [1.807, 2.05) is 34.6 Å². The number of ether oxygens (including phenoxy) is 2. The van der Waals surface area contributed by atoms with Crippen LogP contribution in [-0.2, 0) is 4.74 Å². The molecule has 0 unspecified atom stereocenters. The number of nitrogen functional groups attached to an aromatic ring is 1. The van der Waals surface area contributed by atoms with E-state index < -0.39 is 17.2 Å². The van der Waals surface area contributed by atoms with Crippen molar-refractivity contribution in [1.29, 1.82) is 0 Å². The molecule has 0 bridgehead atoms. The average Bonchev–Trinajstić information content (AvgIpc) is 2.24. The first-order valence-electron chi connectivity index (χ1n) is 6.57. The summed E-state index contributed by atoms with van der Waals surface area (Å²) in [5.74, 6) is 0.707. The number of nitrogens with two attached hydrogens (primary N) is 1. The van der Waals surface area contributed by atoms with Crippen molar-refractivity contribution in [2.45, 2.75) is 45.8 Å². The Balaban J connectivity index is 2.48. The molecule has 1 aromatic carbocycles. The summed E-state index contributed by atoms with van der Waals surface area (Å²) in [6, 6.07) is 7.12. The van der Waals surface area contributed by atoms with E-state index in [4.69, 9.17) is 15.2 Å². The van der Waals surface area contributed by atoms with Gasteiger partial charge >= 0.3 is 6.09 Å². The fraction of sp³-hybridized carbons (Fsp3) is 0.533. The Labute approximate surface area is 120 Å². The molecule has 0 aromatic heterocycles. The van der Waals surface area contributed by atoms with Crippen LogP contribution in [0.15, 0.2) is 24.3 Å². The fourth-order valence-corrected chi connectivity index (χ4v) is 1.44. The first kappa shape index (κ1) is 16.1. The minimum Gasteiger partial charge on any atom is -0.491 e. The SMILES string of the molecule is CC(C)(COc1ccc(N)cc1)NC(=O)OC(C)(C)C. The van der Waals surface area contributed by atoms with Crippen LogP contribution < -0.4 is 15.8 Å². The second-order valence-electron chi connectivity index (χ2n) is 6.37. The summed E-state index contributed by atoms with van der Waals surface area (Å²) in [7, 11) is 0. The van der Waals surface area contributed by atoms with Crippen LogP contribution in [0.1, 0.15) is 34.6 Å². The van der Waals surface area contributed by atoms with Crippen molar-refractivity contribution in [1.82, 2.24) is 5.32 Å². The molecule has 0 heterocycles. The summed E-state index contributed by atoms with van der Waals surface area (Å²) in [6.45, 7) is 9.54. The zero-order chi connectivity index (χ0) is 15.4. The molecule has 0 aliphatic heterocycles. The minimum absolute atomic E-state index is 0.330. The van der Waals surface area contributed by atoms with Crippen LogP contribution >= 0.6 is 0 Å². The Morgan fingerprint density at radius 1 is 1.15 bits per heavy atom. The molecule has 1 rings (SSSR count). The standard InChI is InChI=1S/C15H24N2O3/c1-14(2,3)20-13(18)17-15(4,5)10-19-12-8-6-11(16)7-9-12/h6-9H,10,16H2,1-5H3,(H,17,18). The van der Waals surface area contributed by atoms with Gasteiger partial charge in [-0.25, -0.2) is 4.79 Å². The lowest BCUT2D eigenvalue weighted by molar-refractivity contribution is 0.0441. The van der Waals surface area contributed by atoms with Crippen LogP contribution in [0.25, 0.3) is 0 Å². The van der Waals surface area contributed by atoms with Crippen molar-refractivity contribution < 1.29 is 14.3 Å². The number of carbonyl (C=O) groups excluding carboxylic acids is 1. The quantitative estimate of drug-likeness (QED) is 0.832. The second-order valence-corrected chi connectivity index (χ2v) is 6.37. The predicted molar refractivity (Wildman–Crippen MR) is 79.8 cm³/mol. The summed E-state index contributed by atoms with van der Waals surface area (Å²) in [6.07, 6.45) is -0.455. The fourth-order valence-electron chi connectivity index (χ4n) is 1.44. The molecule has 0 aliphatic rings. The number of rotatable bonds is 4. The molecule has 112 valence electrons. The number of anilines is 1. The molecule has 0 saturated carbocycles. The van der Waals surface area contributed by atoms with Crippen LogP contribution in [0.3, 0.4) is 0 Å². The van der Waals surface area contributed by atoms with E-state index in [9.17, 15) is 4.79 Å². The Kier molecular flexibility index (Phi) is 4.87. The van der Waals surface area contributed by atoms with Crippen LogP contribution in [0.2, 0.25) is 0 Å². The molecule has 0 radical (unpaired) electrons. The highest BCUT2D eigenvalue weighted by atomic mass is 16.6. The van der Waals surface area contributed by atoms with E-state index in [2.05, 4.69) is 5.32 Å². The molecule has 0 aliphatic carbocycles. The van der Waals surface area contributed by atoms with Gasteiger partial charge in [-0.2, -0.15) is 0 Å². The number of nitrogens with one attached hydrogen (secondary N) is 1. The van der Waals surface area contributed by atoms with Crippen molar-refractivity contribution >= 4 is 11.8 Å². The molecule has 1 amide bonds. The molecule has 5 heteroatoms. The van der Waals surface area contributed by atoms with Crippen molar-refractivity contribution in [2.75, 3.05) is 12.3 Å². The highest BCUT2D eigenvalue weighted by molar-refractivity contribution is 5.68. The van der Waals surface area contributed by atoms with Gasteiger partial charge in [0, 0.05) is 5.69 Å². The van der Waals surface area contributed by atoms with E-state index in [1.165, 1.54) is 0 Å². The van der Waals surface area contributed by atoms with Crippen molar-refractivity contribution in [3.05, 3.63) is 24.3 Å². The molecular formula is C15H24N2O3. The highest BCUT2D eigenvalue weighted by Crippen LogP contribution is 2.15. The van der Waals surface area contributed by atoms with Gasteiger partial charge in [-0.1, -0.05) is 0 Å². The molecule has 0 saturated heterocycles. The van der Waals surface area contributed by atoms with Gasteiger partial charge in [-0.05, 0) is 58.9 Å². The molecule has 20 heavy (non-hydrogen) atoms. The van der Waals surface area contributed by atoms with Gasteiger partial charge in [0.05, 0.1) is 5.54 Å². The molecule has 0 spiro atoms. The Hall–Kier alpha value is -1.91. The van der Waals surface area contributed by atoms with Gasteiger partial charge in [-0.3, -0.25) is 0 Å². The van der Waals surface area contributed by atoms with E-state index in [0.29, 0.717) is 18.0 Å². The maximum absolute atomic E-state index is 11.7. The molecule has 3 N–H and O–H groups in total. The summed E-state index contributed by atoms with van der Waals surface area (Å²) < 4.78 is 10.9. The Bertz CT molecular complexity index is 447. The first-order valence-corrected chi connectivity index (χ1v) is 6.57. The number of hydrogen-bond donors (Lipinski definition) is 2. The number of hydrogen-bond acceptors (Lipinski definition) is 4. The van der Waals surface area contributed by atoms with Crippen molar-refractivity contribution in [3.8, 4) is 5.75 Å². The normalized spacial score (nSPS) is 11.8. The van der Waals surface area contributed by atoms with Crippen LogP contribution in [0.4, 0.5) is 10.5 Å². The molecular weight excluding hydrogens is 256 g/mol. The monoisotopic (exact) mass is 280 g/mol. The van der Waals surface area contributed by atoms with Gasteiger partial charge in [0.2, 0.25) is 0 Å². The zero-order valence-corrected chi connectivity index (χ0v) is 12.8. The molecule has 1 aromatic rings. The highest BCUT2D eigenvalue weighted by Gasteiger charge is 2.25. The van der Waals surface area contributed by atoms with Gasteiger partial charge in [0.25, 0.3) is 0 Å². The maximum atomic E-state index is 11.7. The molecule has 5 nitrogen and oxygen atoms in total. The molecule has 0 fully saturated rings. The van der Waals surface area contributed by atoms with Crippen LogP contribution in [-0.4, -0.2) is 23.8 Å². The number of benzene rings is 1. The largest absolute Gasteiger partial charge is 0.491 e. The van der Waals surface area contributed by atoms with Gasteiger partial charge in [0.1, 0.15) is 18.0 Å². The Morgan fingerprint density at radius 3 is 2.20 bits per heavy atom. The van der Waals surface area contributed by atoms with E-state index in [1.54, 1.807) is 24.3 Å². The van der Waals surface area contributed by atoms with E-state index in [-0.39, 0.29) is 0 Å². The molecule has 0 atom stereocenters. The van der Waals surface area contributed by atoms with Crippen molar-refractivity contribution in [2.24, 2.45) is 0 Å². The second kappa shape index (κ2) is 6.03. The Morgan fingerprint density at radius 2 is 1.70 bits per heavy atom. The maximum Gasteiger partial charge on any atom is 0.408 e. The predicted octanol–water partition coefficient (Wildman–Crippen LogP) is 2.95. The lowest BCUT2D eigenvalue weighted by atomic mass is 10.1. The first-order chi connectivity index (χ1) is 9.07. The summed E-state index contributed by atoms with van der Waals surface area (Å²) in [5, 5.41) is 2.78. The van der Waals surface area contributed by atoms with Gasteiger partial charge < -0.3 is 20.5 Å². The smallest absolute Gasteiger partial charge is 0.408 e. The number of amides is 1. The number of alkyl carbamates (subject to hydrolysis) is 1. The summed E-state index contributed by atoms with van der Waals surface area (Å²) in [4.78, 5) is 11.7. The topological polar surface area (TPSA) is 73.6 Å². The zero-order valence-electron chi connectivity index (χ0n) is 12.8. The van der Waals surface area contributed by atoms with Gasteiger partial charge in [-0.15, -0.1) is 0 Å². The number of carbonyl (C=O) groups is 1. The summed E-state index contributed by atoms with van der Waals surface area (Å²) in [5.41, 5.74) is 5.23. The average molecular weight is 280 g/mol. The minimum atomic E-state index is -0.538. The third-order valence-electron chi connectivity index (χ3n) is 2.32. The summed E-state index contributed by atoms with van der Waals surface area (Å²) >= 11 is 0. The van der Waals surface area contributed by atoms with Crippen molar-refractivity contribution in [3.63, 3.8) is 0 Å². The van der Waals surface area contributed by atoms with Gasteiger partial charge in [0.15, 0.2) is 0 Å². The third kappa shape index (κ3) is 6.31.